The SMILES string of the molecule is N#Cc1c(-n2c3ccccc3c3ccccc32)c(-n2c3ccccc3c3ccccc32)c(C#N)c(-n2c3ccc(-c4cccc5ccccc45)cc3c3ccc4c5ccccc5oc4c32)c1-n1c2ccccc2c2ccccc21. The van der Waals surface area contributed by atoms with Crippen molar-refractivity contribution in [1.29, 1.82) is 10.5 Å². The average molecular weight is 1010 g/mol. The van der Waals surface area contributed by atoms with E-state index < -0.39 is 0 Å². The van der Waals surface area contributed by atoms with Crippen molar-refractivity contribution in [2.75, 3.05) is 0 Å². The molecule has 7 nitrogen and oxygen atoms in total. The fourth-order valence-electron chi connectivity index (χ4n) is 13.4. The van der Waals surface area contributed by atoms with Crippen LogP contribution in [0, 0.1) is 22.7 Å². The number of benzene rings is 12. The zero-order chi connectivity index (χ0) is 52.0. The summed E-state index contributed by atoms with van der Waals surface area (Å²) in [6.07, 6.45) is 0. The molecule has 0 radical (unpaired) electrons. The van der Waals surface area contributed by atoms with Gasteiger partial charge in [0.15, 0.2) is 5.58 Å². The highest BCUT2D eigenvalue weighted by molar-refractivity contribution is 6.23. The minimum atomic E-state index is 0.379. The zero-order valence-electron chi connectivity index (χ0n) is 42.2. The smallest absolute Gasteiger partial charge is 0.160 e. The van der Waals surface area contributed by atoms with Crippen LogP contribution >= 0.6 is 0 Å². The van der Waals surface area contributed by atoms with Gasteiger partial charge in [0.05, 0.1) is 66.9 Å². The first-order valence-electron chi connectivity index (χ1n) is 26.6. The Morgan fingerprint density at radius 3 is 1.15 bits per heavy atom. The van der Waals surface area contributed by atoms with E-state index in [0.717, 1.165) is 125 Å². The molecule has 0 aliphatic carbocycles. The van der Waals surface area contributed by atoms with E-state index in [0.29, 0.717) is 39.5 Å². The highest BCUT2D eigenvalue weighted by Crippen LogP contribution is 2.50. The van der Waals surface area contributed by atoms with Crippen molar-refractivity contribution in [3.05, 3.63) is 254 Å². The number of para-hydroxylation sites is 7. The van der Waals surface area contributed by atoms with Crippen LogP contribution in [0.2, 0.25) is 0 Å². The van der Waals surface area contributed by atoms with E-state index in [1.807, 2.05) is 18.2 Å². The molecule has 12 aromatic carbocycles. The minimum Gasteiger partial charge on any atom is -0.454 e. The normalized spacial score (nSPS) is 12.0. The lowest BCUT2D eigenvalue weighted by atomic mass is 9.97. The fraction of sp³-hybridized carbons (Fsp3) is 0. The van der Waals surface area contributed by atoms with E-state index in [-0.39, 0.29) is 0 Å². The van der Waals surface area contributed by atoms with Gasteiger partial charge in [0.2, 0.25) is 0 Å². The van der Waals surface area contributed by atoms with Crippen LogP contribution in [-0.4, -0.2) is 18.3 Å². The molecule has 0 saturated heterocycles. The largest absolute Gasteiger partial charge is 0.454 e. The van der Waals surface area contributed by atoms with Crippen molar-refractivity contribution >= 4 is 120 Å². The minimum absolute atomic E-state index is 0.379. The Labute approximate surface area is 450 Å². The number of aromatic nitrogens is 4. The van der Waals surface area contributed by atoms with E-state index in [1.54, 1.807) is 0 Å². The molecule has 364 valence electrons. The lowest BCUT2D eigenvalue weighted by Crippen LogP contribution is -2.16. The van der Waals surface area contributed by atoms with Gasteiger partial charge in [-0.15, -0.1) is 0 Å². The van der Waals surface area contributed by atoms with Crippen LogP contribution in [0.5, 0.6) is 0 Å². The number of rotatable bonds is 5. The highest BCUT2D eigenvalue weighted by Gasteiger charge is 2.35. The molecule has 17 rings (SSSR count). The molecule has 0 unspecified atom stereocenters. The van der Waals surface area contributed by atoms with Gasteiger partial charge in [-0.2, -0.15) is 10.5 Å². The highest BCUT2D eigenvalue weighted by atomic mass is 16.3. The maximum Gasteiger partial charge on any atom is 0.160 e. The fourth-order valence-corrected chi connectivity index (χ4v) is 13.4. The Kier molecular flexibility index (Phi) is 8.85. The molecule has 7 heteroatoms. The van der Waals surface area contributed by atoms with Crippen molar-refractivity contribution in [2.45, 2.75) is 0 Å². The summed E-state index contributed by atoms with van der Waals surface area (Å²) in [6, 6.07) is 90.6. The zero-order valence-corrected chi connectivity index (χ0v) is 42.2. The predicted molar refractivity (Wildman–Crippen MR) is 323 cm³/mol. The summed E-state index contributed by atoms with van der Waals surface area (Å²) in [4.78, 5) is 0. The molecule has 0 spiro atoms. The molecule has 5 aromatic heterocycles. The molecule has 79 heavy (non-hydrogen) atoms. The summed E-state index contributed by atoms with van der Waals surface area (Å²) in [6.45, 7) is 0. The number of fused-ring (bicyclic) bond motifs is 17. The van der Waals surface area contributed by atoms with E-state index in [1.165, 1.54) is 0 Å². The van der Waals surface area contributed by atoms with Gasteiger partial charge in [0.25, 0.3) is 0 Å². The second-order valence-electron chi connectivity index (χ2n) is 20.5. The first-order chi connectivity index (χ1) is 39.2. The van der Waals surface area contributed by atoms with Crippen molar-refractivity contribution < 1.29 is 4.42 Å². The molecular formula is C72H40N6O. The Morgan fingerprint density at radius 1 is 0.291 bits per heavy atom. The van der Waals surface area contributed by atoms with E-state index >= 15 is 0 Å². The summed E-state index contributed by atoms with van der Waals surface area (Å²) < 4.78 is 16.1. The Morgan fingerprint density at radius 2 is 0.671 bits per heavy atom. The molecule has 0 saturated carbocycles. The van der Waals surface area contributed by atoms with Crippen LogP contribution in [0.25, 0.3) is 154 Å². The Balaban J connectivity index is 1.17. The van der Waals surface area contributed by atoms with Crippen LogP contribution in [0.15, 0.2) is 247 Å². The van der Waals surface area contributed by atoms with E-state index in [4.69, 9.17) is 4.42 Å². The molecule has 5 heterocycles. The summed E-state index contributed by atoms with van der Waals surface area (Å²) in [5.74, 6) is 0. The molecule has 0 amide bonds. The number of furan rings is 1. The van der Waals surface area contributed by atoms with Crippen molar-refractivity contribution in [2.24, 2.45) is 0 Å². The second-order valence-corrected chi connectivity index (χ2v) is 20.5. The standard InChI is InChI=1S/C72H40N6O/c73-41-57-67(75-59-29-10-3-21-47(59)48-22-4-11-30-60(48)75)68(76-61-31-12-5-23-49(61)50-24-6-13-32-62(50)76)58(42-74)70(69(57)77-63-33-14-7-25-51(63)52-26-8-15-34-64(52)77)78-65-39-36-44(46-28-17-19-43-18-1-2-20-45(43)46)40-56(65)54-37-38-55-53-27-9-16-35-66(53)79-72(55)71(54)78/h1-40H. The van der Waals surface area contributed by atoms with Crippen LogP contribution < -0.4 is 0 Å². The Hall–Kier alpha value is -11.1. The average Bonchev–Trinajstić information content (AvgIpc) is 3.56. The third-order valence-corrected chi connectivity index (χ3v) is 16.6. The van der Waals surface area contributed by atoms with Gasteiger partial charge in [-0.25, -0.2) is 0 Å². The molecule has 0 N–H and O–H groups in total. The summed E-state index contributed by atoms with van der Waals surface area (Å²) in [5, 5.41) is 38.0. The van der Waals surface area contributed by atoms with Crippen molar-refractivity contribution in [1.82, 2.24) is 18.3 Å². The van der Waals surface area contributed by atoms with Crippen molar-refractivity contribution in [3.8, 4) is 46.0 Å². The molecule has 0 aliphatic rings. The van der Waals surface area contributed by atoms with Crippen LogP contribution in [0.1, 0.15) is 11.1 Å². The van der Waals surface area contributed by atoms with E-state index in [9.17, 15) is 10.5 Å². The lowest BCUT2D eigenvalue weighted by Gasteiger charge is -2.27. The maximum atomic E-state index is 12.9. The monoisotopic (exact) mass is 1000 g/mol. The molecule has 0 aliphatic heterocycles. The first kappa shape index (κ1) is 43.2. The quantitative estimate of drug-likeness (QED) is 0.172. The number of nitrogens with zero attached hydrogens (tertiary/aromatic N) is 6. The third-order valence-electron chi connectivity index (χ3n) is 16.6. The van der Waals surface area contributed by atoms with Gasteiger partial charge >= 0.3 is 0 Å². The lowest BCUT2D eigenvalue weighted by molar-refractivity contribution is 0.671. The third kappa shape index (κ3) is 5.77. The molecule has 0 fully saturated rings. The van der Waals surface area contributed by atoms with Crippen molar-refractivity contribution in [3.63, 3.8) is 0 Å². The number of hydrogen-bond donors (Lipinski definition) is 0. The molecule has 0 bridgehead atoms. The Bertz CT molecular complexity index is 5440. The van der Waals surface area contributed by atoms with E-state index in [2.05, 4.69) is 255 Å². The van der Waals surface area contributed by atoms with Gasteiger partial charge in [-0.05, 0) is 82.6 Å². The topological polar surface area (TPSA) is 80.4 Å². The number of hydrogen-bond acceptors (Lipinski definition) is 3. The van der Waals surface area contributed by atoms with Gasteiger partial charge < -0.3 is 22.7 Å². The molecule has 0 atom stereocenters. The molecule has 17 aromatic rings. The second kappa shape index (κ2) is 16.2. The summed E-state index contributed by atoms with van der Waals surface area (Å²) in [5.41, 5.74) is 13.8. The van der Waals surface area contributed by atoms with Crippen LogP contribution in [0.4, 0.5) is 0 Å². The van der Waals surface area contributed by atoms with Crippen LogP contribution in [0.3, 0.4) is 0 Å². The molecular weight excluding hydrogens is 965 g/mol. The predicted octanol–water partition coefficient (Wildman–Crippen LogP) is 18.5. The van der Waals surface area contributed by atoms with Gasteiger partial charge in [0.1, 0.15) is 28.8 Å². The summed E-state index contributed by atoms with van der Waals surface area (Å²) in [7, 11) is 0. The van der Waals surface area contributed by atoms with Gasteiger partial charge in [0, 0.05) is 53.9 Å². The summed E-state index contributed by atoms with van der Waals surface area (Å²) >= 11 is 0. The maximum absolute atomic E-state index is 12.9. The first-order valence-corrected chi connectivity index (χ1v) is 26.6. The van der Waals surface area contributed by atoms with Gasteiger partial charge in [-0.1, -0.05) is 182 Å². The number of nitriles is 2. The van der Waals surface area contributed by atoms with Gasteiger partial charge in [-0.3, -0.25) is 0 Å². The van der Waals surface area contributed by atoms with Crippen LogP contribution in [-0.2, 0) is 0 Å².